The summed E-state index contributed by atoms with van der Waals surface area (Å²) in [6.07, 6.45) is 6.27. The molecule has 1 N–H and O–H groups in total. The molecule has 0 spiro atoms. The number of ketones is 1. The number of halogens is 1. The van der Waals surface area contributed by atoms with Crippen LogP contribution in [0.5, 0.6) is 5.75 Å². The van der Waals surface area contributed by atoms with Crippen molar-refractivity contribution in [3.8, 4) is 22.9 Å². The van der Waals surface area contributed by atoms with E-state index in [1.165, 1.54) is 6.07 Å². The van der Waals surface area contributed by atoms with Crippen molar-refractivity contribution in [1.29, 1.82) is 5.26 Å². The van der Waals surface area contributed by atoms with Crippen LogP contribution in [0.4, 0.5) is 10.3 Å². The standard InChI is InChI=1S/C26H20FN5O2/c27-22-6-7-24-19(8-9-34-24)21(22)13-30-26-29-12-20(25-31-17(11-28)14-32(25)26)16-4-5-18-15(10-16)2-1-3-23(18)33/h4-7,10,12,14H,1-3,8-9,13H2,(H,29,30). The minimum atomic E-state index is -0.295. The van der Waals surface area contributed by atoms with E-state index in [9.17, 15) is 14.4 Å². The molecule has 0 radical (unpaired) electrons. The Kier molecular flexibility index (Phi) is 4.77. The summed E-state index contributed by atoms with van der Waals surface area (Å²) in [6.45, 7) is 0.767. The number of aromatic nitrogens is 3. The molecule has 2 aromatic carbocycles. The average Bonchev–Trinajstić information content (AvgIpc) is 3.51. The van der Waals surface area contributed by atoms with Crippen LogP contribution in [0.15, 0.2) is 42.7 Å². The fourth-order valence-electron chi connectivity index (χ4n) is 4.85. The molecule has 0 amide bonds. The number of ether oxygens (including phenoxy) is 1. The van der Waals surface area contributed by atoms with E-state index in [4.69, 9.17) is 4.74 Å². The molecule has 168 valence electrons. The van der Waals surface area contributed by atoms with Crippen molar-refractivity contribution in [2.45, 2.75) is 32.2 Å². The zero-order chi connectivity index (χ0) is 23.2. The molecule has 1 aliphatic carbocycles. The van der Waals surface area contributed by atoms with E-state index in [-0.39, 0.29) is 23.8 Å². The predicted octanol–water partition coefficient (Wildman–Crippen LogP) is 4.47. The molecular formula is C26H20FN5O2. The fourth-order valence-corrected chi connectivity index (χ4v) is 4.85. The van der Waals surface area contributed by atoms with Gasteiger partial charge >= 0.3 is 0 Å². The molecule has 0 saturated carbocycles. The number of imidazole rings is 1. The van der Waals surface area contributed by atoms with Gasteiger partial charge in [-0.05, 0) is 36.1 Å². The van der Waals surface area contributed by atoms with Crippen LogP contribution in [0.1, 0.15) is 45.6 Å². The molecule has 0 unspecified atom stereocenters. The first kappa shape index (κ1) is 20.4. The van der Waals surface area contributed by atoms with E-state index >= 15 is 0 Å². The van der Waals surface area contributed by atoms with Crippen molar-refractivity contribution >= 4 is 17.4 Å². The number of aryl methyl sites for hydroxylation is 1. The second-order valence-electron chi connectivity index (χ2n) is 8.53. The number of Topliss-reactive ketones (excluding diaryl/α,β-unsaturated/α-hetero) is 1. The topological polar surface area (TPSA) is 92.3 Å². The number of carbonyl (C=O) groups excluding carboxylic acids is 1. The summed E-state index contributed by atoms with van der Waals surface area (Å²) < 4.78 is 21.9. The number of nitrogens with zero attached hydrogens (tertiary/aromatic N) is 4. The van der Waals surface area contributed by atoms with Gasteiger partial charge in [0.25, 0.3) is 0 Å². The second-order valence-corrected chi connectivity index (χ2v) is 8.53. The quantitative estimate of drug-likeness (QED) is 0.490. The molecule has 7 nitrogen and oxygen atoms in total. The Bertz CT molecular complexity index is 1520. The van der Waals surface area contributed by atoms with Crippen molar-refractivity contribution in [2.75, 3.05) is 11.9 Å². The average molecular weight is 453 g/mol. The summed E-state index contributed by atoms with van der Waals surface area (Å²) >= 11 is 0. The van der Waals surface area contributed by atoms with Crippen LogP contribution in [-0.4, -0.2) is 26.8 Å². The Morgan fingerprint density at radius 1 is 1.18 bits per heavy atom. The molecule has 0 atom stereocenters. The predicted molar refractivity (Wildman–Crippen MR) is 123 cm³/mol. The zero-order valence-electron chi connectivity index (χ0n) is 18.3. The minimum absolute atomic E-state index is 0.174. The number of carbonyl (C=O) groups is 1. The maximum Gasteiger partial charge on any atom is 0.208 e. The maximum atomic E-state index is 14.6. The molecule has 34 heavy (non-hydrogen) atoms. The van der Waals surface area contributed by atoms with E-state index in [0.29, 0.717) is 42.4 Å². The van der Waals surface area contributed by atoms with Crippen LogP contribution in [0.3, 0.4) is 0 Å². The summed E-state index contributed by atoms with van der Waals surface area (Å²) in [4.78, 5) is 21.3. The van der Waals surface area contributed by atoms with Crippen LogP contribution in [-0.2, 0) is 19.4 Å². The molecule has 4 aromatic rings. The van der Waals surface area contributed by atoms with Crippen molar-refractivity contribution < 1.29 is 13.9 Å². The highest BCUT2D eigenvalue weighted by molar-refractivity contribution is 5.99. The first-order valence-corrected chi connectivity index (χ1v) is 11.2. The minimum Gasteiger partial charge on any atom is -0.493 e. The van der Waals surface area contributed by atoms with Gasteiger partial charge in [0.05, 0.1) is 12.8 Å². The number of nitriles is 1. The smallest absolute Gasteiger partial charge is 0.208 e. The largest absolute Gasteiger partial charge is 0.493 e. The van der Waals surface area contributed by atoms with Gasteiger partial charge in [-0.15, -0.1) is 0 Å². The highest BCUT2D eigenvalue weighted by Gasteiger charge is 2.21. The summed E-state index contributed by atoms with van der Waals surface area (Å²) in [6, 6.07) is 10.9. The van der Waals surface area contributed by atoms with Gasteiger partial charge in [-0.25, -0.2) is 14.4 Å². The van der Waals surface area contributed by atoms with E-state index in [2.05, 4.69) is 21.4 Å². The molecular weight excluding hydrogens is 433 g/mol. The molecule has 1 aliphatic heterocycles. The fraction of sp³-hybridized carbons (Fsp3) is 0.231. The Hall–Kier alpha value is -4.25. The number of hydrogen-bond acceptors (Lipinski definition) is 6. The molecule has 6 rings (SSSR count). The first-order chi connectivity index (χ1) is 16.6. The highest BCUT2D eigenvalue weighted by Crippen LogP contribution is 2.32. The summed E-state index contributed by atoms with van der Waals surface area (Å²) in [5.41, 5.74) is 5.69. The Morgan fingerprint density at radius 2 is 2.09 bits per heavy atom. The lowest BCUT2D eigenvalue weighted by molar-refractivity contribution is 0.0972. The third-order valence-corrected chi connectivity index (χ3v) is 6.54. The molecule has 3 heterocycles. The van der Waals surface area contributed by atoms with E-state index in [1.54, 1.807) is 22.9 Å². The van der Waals surface area contributed by atoms with Crippen LogP contribution in [0.25, 0.3) is 16.8 Å². The van der Waals surface area contributed by atoms with Gasteiger partial charge in [-0.3, -0.25) is 9.20 Å². The van der Waals surface area contributed by atoms with Gasteiger partial charge in [-0.1, -0.05) is 18.2 Å². The number of anilines is 1. The maximum absolute atomic E-state index is 14.6. The normalized spacial score (nSPS) is 14.4. The lowest BCUT2D eigenvalue weighted by atomic mass is 9.88. The number of fused-ring (bicyclic) bond motifs is 3. The first-order valence-electron chi connectivity index (χ1n) is 11.2. The number of benzene rings is 2. The number of hydrogen-bond donors (Lipinski definition) is 1. The highest BCUT2D eigenvalue weighted by atomic mass is 19.1. The molecule has 2 aromatic heterocycles. The van der Waals surface area contributed by atoms with Crippen LogP contribution >= 0.6 is 0 Å². The number of nitrogens with one attached hydrogen (secondary N) is 1. The van der Waals surface area contributed by atoms with E-state index in [1.807, 2.05) is 18.2 Å². The van der Waals surface area contributed by atoms with Gasteiger partial charge in [-0.2, -0.15) is 5.26 Å². The van der Waals surface area contributed by atoms with Crippen molar-refractivity contribution in [3.05, 3.63) is 76.5 Å². The molecule has 0 bridgehead atoms. The number of rotatable bonds is 4. The van der Waals surface area contributed by atoms with Gasteiger partial charge < -0.3 is 10.1 Å². The summed E-state index contributed by atoms with van der Waals surface area (Å²) in [5.74, 6) is 1.05. The SMILES string of the molecule is N#Cc1cn2c(NCc3c(F)ccc4c3CCO4)ncc(-c3ccc4c(c3)CCCC4=O)c2n1. The molecule has 0 fully saturated rings. The van der Waals surface area contributed by atoms with Crippen molar-refractivity contribution in [1.82, 2.24) is 14.4 Å². The molecule has 2 aliphatic rings. The van der Waals surface area contributed by atoms with Crippen LogP contribution < -0.4 is 10.1 Å². The van der Waals surface area contributed by atoms with Crippen LogP contribution in [0.2, 0.25) is 0 Å². The summed E-state index contributed by atoms with van der Waals surface area (Å²) in [5, 5.41) is 12.7. The molecule has 0 saturated heterocycles. The van der Waals surface area contributed by atoms with Crippen molar-refractivity contribution in [3.63, 3.8) is 0 Å². The zero-order valence-corrected chi connectivity index (χ0v) is 18.3. The monoisotopic (exact) mass is 453 g/mol. The van der Waals surface area contributed by atoms with Gasteiger partial charge in [0, 0.05) is 47.8 Å². The lowest BCUT2D eigenvalue weighted by Crippen LogP contribution is -2.11. The van der Waals surface area contributed by atoms with E-state index in [0.717, 1.165) is 40.7 Å². The Labute approximate surface area is 194 Å². The third-order valence-electron chi connectivity index (χ3n) is 6.54. The third kappa shape index (κ3) is 3.28. The van der Waals surface area contributed by atoms with Crippen molar-refractivity contribution in [2.24, 2.45) is 0 Å². The lowest BCUT2D eigenvalue weighted by Gasteiger charge is -2.16. The van der Waals surface area contributed by atoms with Crippen LogP contribution in [0, 0.1) is 17.1 Å². The van der Waals surface area contributed by atoms with Gasteiger partial charge in [0.15, 0.2) is 17.1 Å². The van der Waals surface area contributed by atoms with Gasteiger partial charge in [0.1, 0.15) is 17.6 Å². The summed E-state index contributed by atoms with van der Waals surface area (Å²) in [7, 11) is 0. The molecule has 8 heteroatoms. The Morgan fingerprint density at radius 3 is 2.97 bits per heavy atom. The van der Waals surface area contributed by atoms with E-state index < -0.39 is 0 Å². The van der Waals surface area contributed by atoms with Gasteiger partial charge in [0.2, 0.25) is 5.95 Å². The Balaban J connectivity index is 1.39. The second kappa shape index (κ2) is 7.96.